The van der Waals surface area contributed by atoms with E-state index in [1.54, 1.807) is 6.92 Å². The van der Waals surface area contributed by atoms with E-state index in [4.69, 9.17) is 9.47 Å². The molecule has 2 bridgehead atoms. The average molecular weight is 449 g/mol. The molecule has 6 saturated carbocycles. The van der Waals surface area contributed by atoms with Crippen molar-refractivity contribution in [2.24, 2.45) is 51.8 Å². The second kappa shape index (κ2) is 5.10. The molecule has 0 aromatic heterocycles. The molecule has 6 aliphatic rings. The third kappa shape index (κ3) is 1.56. The lowest BCUT2D eigenvalue weighted by Crippen LogP contribution is -2.67. The van der Waals surface area contributed by atoms with E-state index in [0.717, 1.165) is 0 Å². The summed E-state index contributed by atoms with van der Waals surface area (Å²) in [7, 11) is 0. The number of carbonyl (C=O) groups is 3. The fourth-order valence-corrected chi connectivity index (χ4v) is 10.6. The molecule has 6 aliphatic carbocycles. The molecule has 0 aliphatic heterocycles. The number of aliphatic hydroxyl groups is 3. The maximum atomic E-state index is 13.5. The summed E-state index contributed by atoms with van der Waals surface area (Å²) >= 11 is 0. The highest BCUT2D eigenvalue weighted by Gasteiger charge is 3.01. The van der Waals surface area contributed by atoms with Crippen LogP contribution in [0.2, 0.25) is 0 Å². The van der Waals surface area contributed by atoms with E-state index in [2.05, 4.69) is 0 Å². The van der Waals surface area contributed by atoms with Gasteiger partial charge in [-0.05, 0) is 24.2 Å². The van der Waals surface area contributed by atoms with Crippen LogP contribution < -0.4 is 0 Å². The summed E-state index contributed by atoms with van der Waals surface area (Å²) in [5, 5.41) is 35.5. The highest BCUT2D eigenvalue weighted by atomic mass is 16.6. The quantitative estimate of drug-likeness (QED) is 0.531. The monoisotopic (exact) mass is 448 g/mol. The van der Waals surface area contributed by atoms with Gasteiger partial charge in [-0.15, -0.1) is 0 Å². The van der Waals surface area contributed by atoms with Crippen LogP contribution >= 0.6 is 0 Å². The normalized spacial score (nSPS) is 61.5. The first-order valence-corrected chi connectivity index (χ1v) is 11.6. The fraction of sp³-hybridized carbons (Fsp3) is 0.875. The van der Waals surface area contributed by atoms with Gasteiger partial charge in [0.2, 0.25) is 0 Å². The van der Waals surface area contributed by atoms with Gasteiger partial charge in [-0.1, -0.05) is 27.7 Å². The molecule has 0 heterocycles. The Morgan fingerprint density at radius 2 is 1.66 bits per heavy atom. The number of hydrogen-bond acceptors (Lipinski definition) is 8. The molecular weight excluding hydrogens is 416 g/mol. The van der Waals surface area contributed by atoms with Gasteiger partial charge in [0.15, 0.2) is 5.78 Å². The summed E-state index contributed by atoms with van der Waals surface area (Å²) in [5.41, 5.74) is -6.59. The molecule has 0 aromatic carbocycles. The number of esters is 2. The van der Waals surface area contributed by atoms with Gasteiger partial charge in [-0.2, -0.15) is 0 Å². The Morgan fingerprint density at radius 1 is 1.03 bits per heavy atom. The Hall–Kier alpha value is -1.51. The first-order valence-electron chi connectivity index (χ1n) is 11.6. The standard InChI is InChI=1S/C24H32O8/c1-9-17(27)24(32-11(3)26)15(19(24,4)5)14-12-13-16(23(9,14)30)22(29)7-21(12,8-31-10(2)25)20(13,6)18(22)28/h9,12-17,27,29-30H,7-8H2,1-6H3/t9-,12+,13-,14+,15-,16-,17-,20-,21+,22+,23-,24-/m1/s1. The van der Waals surface area contributed by atoms with Crippen LogP contribution in [0.25, 0.3) is 0 Å². The van der Waals surface area contributed by atoms with Crippen molar-refractivity contribution < 1.29 is 39.2 Å². The zero-order chi connectivity index (χ0) is 23.6. The van der Waals surface area contributed by atoms with E-state index >= 15 is 0 Å². The van der Waals surface area contributed by atoms with Crippen molar-refractivity contribution in [2.45, 2.75) is 70.9 Å². The van der Waals surface area contributed by atoms with E-state index in [1.807, 2.05) is 20.8 Å². The topological polar surface area (TPSA) is 130 Å². The zero-order valence-electron chi connectivity index (χ0n) is 19.3. The number of ether oxygens (including phenoxy) is 2. The molecule has 0 aromatic rings. The van der Waals surface area contributed by atoms with E-state index in [1.165, 1.54) is 13.8 Å². The first-order chi connectivity index (χ1) is 14.6. The summed E-state index contributed by atoms with van der Waals surface area (Å²) in [6.07, 6.45) is -0.985. The van der Waals surface area contributed by atoms with Crippen LogP contribution in [0.3, 0.4) is 0 Å². The number of rotatable bonds is 3. The minimum atomic E-state index is -1.71. The predicted molar refractivity (Wildman–Crippen MR) is 108 cm³/mol. The Kier molecular flexibility index (Phi) is 3.36. The van der Waals surface area contributed by atoms with Crippen molar-refractivity contribution in [1.29, 1.82) is 0 Å². The van der Waals surface area contributed by atoms with Gasteiger partial charge in [0.1, 0.15) is 11.2 Å². The van der Waals surface area contributed by atoms with Gasteiger partial charge in [-0.25, -0.2) is 0 Å². The zero-order valence-corrected chi connectivity index (χ0v) is 19.3. The van der Waals surface area contributed by atoms with Gasteiger partial charge >= 0.3 is 11.9 Å². The van der Waals surface area contributed by atoms with Crippen molar-refractivity contribution >= 4 is 17.7 Å². The van der Waals surface area contributed by atoms with Crippen LogP contribution in [0, 0.1) is 51.8 Å². The summed E-state index contributed by atoms with van der Waals surface area (Å²) in [6, 6.07) is 0. The third-order valence-corrected chi connectivity index (χ3v) is 11.5. The van der Waals surface area contributed by atoms with E-state index in [-0.39, 0.29) is 36.6 Å². The Bertz CT molecular complexity index is 1010. The number of ketones is 1. The minimum Gasteiger partial charge on any atom is -0.465 e. The number of aliphatic hydroxyl groups excluding tert-OH is 1. The van der Waals surface area contributed by atoms with Crippen LogP contribution in [0.15, 0.2) is 0 Å². The molecule has 6 rings (SSSR count). The molecule has 3 N–H and O–H groups in total. The van der Waals surface area contributed by atoms with Crippen LogP contribution in [-0.4, -0.2) is 62.6 Å². The number of Topliss-reactive ketones (excluding diaryl/α,β-unsaturated/α-hetero) is 1. The van der Waals surface area contributed by atoms with Crippen LogP contribution in [0.4, 0.5) is 0 Å². The summed E-state index contributed by atoms with van der Waals surface area (Å²) in [5.74, 6) is -3.79. The predicted octanol–water partition coefficient (Wildman–Crippen LogP) is 0.451. The van der Waals surface area contributed by atoms with Gasteiger partial charge in [0, 0.05) is 47.8 Å². The van der Waals surface area contributed by atoms with Crippen molar-refractivity contribution in [1.82, 2.24) is 0 Å². The van der Waals surface area contributed by atoms with Gasteiger partial charge in [0.25, 0.3) is 0 Å². The van der Waals surface area contributed by atoms with Crippen molar-refractivity contribution in [2.75, 3.05) is 6.61 Å². The second-order valence-corrected chi connectivity index (χ2v) is 12.3. The van der Waals surface area contributed by atoms with Gasteiger partial charge in [0.05, 0.1) is 18.3 Å². The van der Waals surface area contributed by atoms with Gasteiger partial charge < -0.3 is 24.8 Å². The molecule has 0 spiro atoms. The fourth-order valence-electron chi connectivity index (χ4n) is 10.6. The maximum Gasteiger partial charge on any atom is 0.303 e. The summed E-state index contributed by atoms with van der Waals surface area (Å²) in [4.78, 5) is 37.3. The summed E-state index contributed by atoms with van der Waals surface area (Å²) in [6.45, 7) is 10.1. The Balaban J connectivity index is 1.55. The number of hydrogen-bond donors (Lipinski definition) is 3. The largest absolute Gasteiger partial charge is 0.465 e. The lowest BCUT2D eigenvalue weighted by Gasteiger charge is -2.65. The Morgan fingerprint density at radius 3 is 2.19 bits per heavy atom. The second-order valence-electron chi connectivity index (χ2n) is 12.3. The average Bonchev–Trinajstić information content (AvgIpc) is 2.91. The van der Waals surface area contributed by atoms with E-state index < -0.39 is 68.8 Å². The maximum absolute atomic E-state index is 13.5. The molecule has 8 heteroatoms. The molecule has 32 heavy (non-hydrogen) atoms. The number of carbonyl (C=O) groups excluding carboxylic acids is 3. The molecule has 0 amide bonds. The molecule has 8 nitrogen and oxygen atoms in total. The highest BCUT2D eigenvalue weighted by Crippen LogP contribution is 2.93. The first kappa shape index (κ1) is 21.1. The SMILES string of the molecule is CC(=O)OC[C@]12C[C@@]3(O)C(=O)[C@@]1(C)[C@@H]1[C@H]2[C@H]2[C@@H]4C(C)(C)[C@]4(OC(C)=O)[C@H](O)[C@@H](C)[C@]2(O)[C@H]13. The molecule has 0 unspecified atom stereocenters. The highest BCUT2D eigenvalue weighted by molar-refractivity contribution is 6.01. The smallest absolute Gasteiger partial charge is 0.303 e. The minimum absolute atomic E-state index is 0.0119. The van der Waals surface area contributed by atoms with Crippen LogP contribution in [0.1, 0.15) is 48.0 Å². The molecule has 0 radical (unpaired) electrons. The van der Waals surface area contributed by atoms with E-state index in [0.29, 0.717) is 0 Å². The molecular formula is C24H32O8. The van der Waals surface area contributed by atoms with Crippen molar-refractivity contribution in [3.8, 4) is 0 Å². The molecule has 6 fully saturated rings. The van der Waals surface area contributed by atoms with E-state index in [9.17, 15) is 29.7 Å². The Labute approximate surface area is 186 Å². The molecule has 12 atom stereocenters. The van der Waals surface area contributed by atoms with Crippen molar-refractivity contribution in [3.05, 3.63) is 0 Å². The lowest BCUT2D eigenvalue weighted by atomic mass is 9.37. The van der Waals surface area contributed by atoms with Gasteiger partial charge in [-0.3, -0.25) is 14.4 Å². The van der Waals surface area contributed by atoms with Crippen molar-refractivity contribution in [3.63, 3.8) is 0 Å². The number of fused-ring (bicyclic) bond motifs is 8. The third-order valence-electron chi connectivity index (χ3n) is 11.5. The molecule has 176 valence electrons. The van der Waals surface area contributed by atoms with Crippen LogP contribution in [0.5, 0.6) is 0 Å². The lowest BCUT2D eigenvalue weighted by molar-refractivity contribution is -0.236. The van der Waals surface area contributed by atoms with Crippen LogP contribution in [-0.2, 0) is 23.9 Å². The molecule has 0 saturated heterocycles. The summed E-state index contributed by atoms with van der Waals surface area (Å²) < 4.78 is 11.3.